The van der Waals surface area contributed by atoms with Crippen LogP contribution in [0.5, 0.6) is 5.75 Å². The summed E-state index contributed by atoms with van der Waals surface area (Å²) in [5, 5.41) is 0. The monoisotopic (exact) mass is 206 g/mol. The van der Waals surface area contributed by atoms with Gasteiger partial charge in [0.25, 0.3) is 0 Å². The number of hydrogen-bond donors (Lipinski definition) is 0. The van der Waals surface area contributed by atoms with Gasteiger partial charge in [-0.15, -0.1) is 0 Å². The SMILES string of the molecule is COC(=O)[C@@H]1Cc2cccc(OC)c2C1. The van der Waals surface area contributed by atoms with Crippen LogP contribution in [0.4, 0.5) is 0 Å². The molecule has 0 unspecified atom stereocenters. The fraction of sp³-hybridized carbons (Fsp3) is 0.417. The van der Waals surface area contributed by atoms with Crippen molar-refractivity contribution in [3.63, 3.8) is 0 Å². The Balaban J connectivity index is 2.26. The van der Waals surface area contributed by atoms with Gasteiger partial charge >= 0.3 is 5.97 Å². The van der Waals surface area contributed by atoms with Crippen LogP contribution in [0.25, 0.3) is 0 Å². The molecule has 0 amide bonds. The molecule has 0 fully saturated rings. The molecule has 2 rings (SSSR count). The Labute approximate surface area is 89.0 Å². The molecule has 80 valence electrons. The number of hydrogen-bond acceptors (Lipinski definition) is 3. The van der Waals surface area contributed by atoms with Gasteiger partial charge in [0.1, 0.15) is 5.75 Å². The van der Waals surface area contributed by atoms with Crippen LogP contribution in [-0.4, -0.2) is 20.2 Å². The highest BCUT2D eigenvalue weighted by atomic mass is 16.5. The highest BCUT2D eigenvalue weighted by molar-refractivity contribution is 5.74. The third-order valence-electron chi connectivity index (χ3n) is 2.90. The second kappa shape index (κ2) is 3.93. The Morgan fingerprint density at radius 1 is 1.33 bits per heavy atom. The van der Waals surface area contributed by atoms with Crippen molar-refractivity contribution in [3.8, 4) is 5.75 Å². The number of methoxy groups -OCH3 is 2. The average Bonchev–Trinajstić information content (AvgIpc) is 2.71. The second-order valence-electron chi connectivity index (χ2n) is 3.73. The summed E-state index contributed by atoms with van der Waals surface area (Å²) in [5.41, 5.74) is 2.35. The molecule has 0 N–H and O–H groups in total. The molecule has 1 atom stereocenters. The molecule has 1 aliphatic rings. The van der Waals surface area contributed by atoms with Gasteiger partial charge < -0.3 is 9.47 Å². The van der Waals surface area contributed by atoms with Crippen molar-refractivity contribution in [1.29, 1.82) is 0 Å². The minimum absolute atomic E-state index is 0.0405. The van der Waals surface area contributed by atoms with Gasteiger partial charge in [-0.1, -0.05) is 12.1 Å². The van der Waals surface area contributed by atoms with Gasteiger partial charge in [-0.25, -0.2) is 0 Å². The van der Waals surface area contributed by atoms with Crippen LogP contribution in [-0.2, 0) is 22.4 Å². The Hall–Kier alpha value is -1.51. The highest BCUT2D eigenvalue weighted by Crippen LogP contribution is 2.33. The first kappa shape index (κ1) is 10.0. The fourth-order valence-electron chi connectivity index (χ4n) is 2.14. The number of carbonyl (C=O) groups is 1. The zero-order valence-electron chi connectivity index (χ0n) is 8.95. The van der Waals surface area contributed by atoms with Gasteiger partial charge in [-0.2, -0.15) is 0 Å². The lowest BCUT2D eigenvalue weighted by Crippen LogP contribution is -2.15. The molecule has 0 aliphatic heterocycles. The van der Waals surface area contributed by atoms with Crippen LogP contribution in [0.3, 0.4) is 0 Å². The molecule has 1 aromatic rings. The van der Waals surface area contributed by atoms with E-state index in [1.54, 1.807) is 7.11 Å². The molecular weight excluding hydrogens is 192 g/mol. The Morgan fingerprint density at radius 3 is 2.80 bits per heavy atom. The van der Waals surface area contributed by atoms with Gasteiger partial charge in [0, 0.05) is 0 Å². The van der Waals surface area contributed by atoms with Gasteiger partial charge in [0.2, 0.25) is 0 Å². The number of fused-ring (bicyclic) bond motifs is 1. The second-order valence-corrected chi connectivity index (χ2v) is 3.73. The minimum atomic E-state index is -0.131. The van der Waals surface area contributed by atoms with Crippen molar-refractivity contribution in [2.24, 2.45) is 5.92 Å². The Morgan fingerprint density at radius 2 is 2.13 bits per heavy atom. The van der Waals surface area contributed by atoms with E-state index in [-0.39, 0.29) is 11.9 Å². The van der Waals surface area contributed by atoms with Crippen LogP contribution < -0.4 is 4.74 Å². The van der Waals surface area contributed by atoms with E-state index in [0.29, 0.717) is 0 Å². The van der Waals surface area contributed by atoms with Gasteiger partial charge in [0.05, 0.1) is 20.1 Å². The predicted molar refractivity (Wildman–Crippen MR) is 55.9 cm³/mol. The van der Waals surface area contributed by atoms with E-state index in [0.717, 1.165) is 24.2 Å². The average molecular weight is 206 g/mol. The molecule has 0 bridgehead atoms. The third kappa shape index (κ3) is 1.69. The molecule has 1 aliphatic carbocycles. The predicted octanol–water partition coefficient (Wildman–Crippen LogP) is 1.58. The lowest BCUT2D eigenvalue weighted by molar-refractivity contribution is -0.145. The van der Waals surface area contributed by atoms with Gasteiger partial charge in [-0.3, -0.25) is 4.79 Å². The van der Waals surface area contributed by atoms with E-state index in [4.69, 9.17) is 9.47 Å². The van der Waals surface area contributed by atoms with Crippen molar-refractivity contribution < 1.29 is 14.3 Å². The third-order valence-corrected chi connectivity index (χ3v) is 2.90. The van der Waals surface area contributed by atoms with E-state index in [1.165, 1.54) is 12.7 Å². The highest BCUT2D eigenvalue weighted by Gasteiger charge is 2.29. The molecule has 0 saturated heterocycles. The molecule has 3 heteroatoms. The smallest absolute Gasteiger partial charge is 0.309 e. The van der Waals surface area contributed by atoms with Crippen LogP contribution in [0, 0.1) is 5.92 Å². The van der Waals surface area contributed by atoms with E-state index >= 15 is 0 Å². The first-order valence-electron chi connectivity index (χ1n) is 4.99. The number of carbonyl (C=O) groups excluding carboxylic acids is 1. The van der Waals surface area contributed by atoms with Crippen LogP contribution in [0.15, 0.2) is 18.2 Å². The maximum absolute atomic E-state index is 11.4. The number of esters is 1. The minimum Gasteiger partial charge on any atom is -0.496 e. The van der Waals surface area contributed by atoms with Gasteiger partial charge in [0.15, 0.2) is 0 Å². The lowest BCUT2D eigenvalue weighted by Gasteiger charge is -2.06. The molecule has 3 nitrogen and oxygen atoms in total. The zero-order valence-corrected chi connectivity index (χ0v) is 8.95. The van der Waals surface area contributed by atoms with Crippen molar-refractivity contribution in [3.05, 3.63) is 29.3 Å². The number of ether oxygens (including phenoxy) is 2. The molecule has 1 aromatic carbocycles. The van der Waals surface area contributed by atoms with Crippen molar-refractivity contribution in [1.82, 2.24) is 0 Å². The van der Waals surface area contributed by atoms with Gasteiger partial charge in [-0.05, 0) is 30.0 Å². The van der Waals surface area contributed by atoms with Crippen LogP contribution in [0.2, 0.25) is 0 Å². The maximum Gasteiger partial charge on any atom is 0.309 e. The summed E-state index contributed by atoms with van der Waals surface area (Å²) >= 11 is 0. The summed E-state index contributed by atoms with van der Waals surface area (Å²) in [6.07, 6.45) is 1.49. The summed E-state index contributed by atoms with van der Waals surface area (Å²) in [6, 6.07) is 5.93. The topological polar surface area (TPSA) is 35.5 Å². The summed E-state index contributed by atoms with van der Waals surface area (Å²) in [7, 11) is 3.09. The number of benzene rings is 1. The quantitative estimate of drug-likeness (QED) is 0.689. The Bertz CT molecular complexity index is 384. The first-order valence-corrected chi connectivity index (χ1v) is 4.99. The molecular formula is C12H14O3. The van der Waals surface area contributed by atoms with Crippen molar-refractivity contribution in [2.75, 3.05) is 14.2 Å². The summed E-state index contributed by atoms with van der Waals surface area (Å²) < 4.78 is 10.0. The number of rotatable bonds is 2. The van der Waals surface area contributed by atoms with E-state index in [1.807, 2.05) is 18.2 Å². The van der Waals surface area contributed by atoms with Crippen molar-refractivity contribution in [2.45, 2.75) is 12.8 Å². The molecule has 0 radical (unpaired) electrons. The molecule has 0 saturated carbocycles. The normalized spacial score (nSPS) is 18.4. The summed E-state index contributed by atoms with van der Waals surface area (Å²) in [4.78, 5) is 11.4. The van der Waals surface area contributed by atoms with E-state index in [9.17, 15) is 4.79 Å². The standard InChI is InChI=1S/C12H14O3/c1-14-11-5-3-4-8-6-9(7-10(8)11)12(13)15-2/h3-5,9H,6-7H2,1-2H3/t9-/m1/s1. The van der Waals surface area contributed by atoms with Crippen LogP contribution >= 0.6 is 0 Å². The molecule has 15 heavy (non-hydrogen) atoms. The van der Waals surface area contributed by atoms with Crippen LogP contribution in [0.1, 0.15) is 11.1 Å². The largest absolute Gasteiger partial charge is 0.496 e. The van der Waals surface area contributed by atoms with Crippen molar-refractivity contribution >= 4 is 5.97 Å². The maximum atomic E-state index is 11.4. The first-order chi connectivity index (χ1) is 7.26. The summed E-state index contributed by atoms with van der Waals surface area (Å²) in [5.74, 6) is 0.702. The molecule has 0 heterocycles. The Kier molecular flexibility index (Phi) is 2.62. The fourth-order valence-corrected chi connectivity index (χ4v) is 2.14. The van der Waals surface area contributed by atoms with E-state index < -0.39 is 0 Å². The lowest BCUT2D eigenvalue weighted by atomic mass is 10.1. The summed E-state index contributed by atoms with van der Waals surface area (Å²) in [6.45, 7) is 0. The molecule has 0 spiro atoms. The molecule has 0 aromatic heterocycles. The van der Waals surface area contributed by atoms with E-state index in [2.05, 4.69) is 0 Å². The zero-order chi connectivity index (χ0) is 10.8.